The highest BCUT2D eigenvalue weighted by atomic mass is 15.4. The van der Waals surface area contributed by atoms with Gasteiger partial charge in [0.25, 0.3) is 0 Å². The normalized spacial score (nSPS) is 10.6. The molecule has 0 unspecified atom stereocenters. The van der Waals surface area contributed by atoms with Crippen molar-refractivity contribution < 1.29 is 0 Å². The molecule has 16 heavy (non-hydrogen) atoms. The minimum absolute atomic E-state index is 0.759. The molecule has 0 aliphatic rings. The van der Waals surface area contributed by atoms with E-state index in [0.29, 0.717) is 0 Å². The molecule has 0 saturated carbocycles. The molecular weight excluding hydrogens is 202 g/mol. The first-order valence-corrected chi connectivity index (χ1v) is 5.31. The van der Waals surface area contributed by atoms with Gasteiger partial charge in [-0.1, -0.05) is 5.21 Å². The Morgan fingerprint density at radius 2 is 2.12 bits per heavy atom. The van der Waals surface area contributed by atoms with Crippen molar-refractivity contribution in [1.82, 2.24) is 25.3 Å². The monoisotopic (exact) mass is 217 g/mol. The van der Waals surface area contributed by atoms with E-state index in [1.165, 1.54) is 5.56 Å². The molecule has 0 spiro atoms. The Hall–Kier alpha value is -1.75. The lowest BCUT2D eigenvalue weighted by molar-refractivity contribution is 0.588. The summed E-state index contributed by atoms with van der Waals surface area (Å²) < 4.78 is 1.87. The van der Waals surface area contributed by atoms with Crippen LogP contribution in [0, 0.1) is 0 Å². The fourth-order valence-electron chi connectivity index (χ4n) is 1.50. The number of hydrogen-bond acceptors (Lipinski definition) is 4. The number of nitrogens with zero attached hydrogens (tertiary/aromatic N) is 4. The molecule has 2 heterocycles. The van der Waals surface area contributed by atoms with Crippen LogP contribution in [0.5, 0.6) is 0 Å². The number of rotatable bonds is 5. The molecule has 0 aliphatic heterocycles. The summed E-state index contributed by atoms with van der Waals surface area (Å²) in [4.78, 5) is 3.99. The first kappa shape index (κ1) is 10.8. The smallest absolute Gasteiger partial charge is 0.0964 e. The zero-order chi connectivity index (χ0) is 11.2. The third-order valence-corrected chi connectivity index (χ3v) is 2.32. The minimum atomic E-state index is 0.759. The predicted molar refractivity (Wildman–Crippen MR) is 60.7 cm³/mol. The van der Waals surface area contributed by atoms with Crippen molar-refractivity contribution in [2.45, 2.75) is 19.5 Å². The van der Waals surface area contributed by atoms with Gasteiger partial charge in [0.15, 0.2) is 0 Å². The summed E-state index contributed by atoms with van der Waals surface area (Å²) in [7, 11) is 1.90. The van der Waals surface area contributed by atoms with Crippen LogP contribution < -0.4 is 5.32 Å². The number of nitrogens with one attached hydrogen (secondary N) is 1. The van der Waals surface area contributed by atoms with E-state index in [-0.39, 0.29) is 0 Å². The first-order chi connectivity index (χ1) is 7.88. The van der Waals surface area contributed by atoms with Gasteiger partial charge >= 0.3 is 0 Å². The molecule has 0 aliphatic carbocycles. The lowest BCUT2D eigenvalue weighted by Crippen LogP contribution is -2.05. The second-order valence-electron chi connectivity index (χ2n) is 3.61. The molecule has 0 atom stereocenters. The summed E-state index contributed by atoms with van der Waals surface area (Å²) in [6.45, 7) is 1.61. The molecule has 0 aromatic carbocycles. The topological polar surface area (TPSA) is 55.6 Å². The average Bonchev–Trinajstić information content (AvgIpc) is 2.76. The molecule has 0 bridgehead atoms. The van der Waals surface area contributed by atoms with Crippen molar-refractivity contribution in [2.75, 3.05) is 7.05 Å². The lowest BCUT2D eigenvalue weighted by atomic mass is 10.2. The van der Waals surface area contributed by atoms with Gasteiger partial charge in [-0.25, -0.2) is 0 Å². The van der Waals surface area contributed by atoms with Crippen LogP contribution in [0.3, 0.4) is 0 Å². The summed E-state index contributed by atoms with van der Waals surface area (Å²) in [5.74, 6) is 0. The molecular formula is C11H15N5. The van der Waals surface area contributed by atoms with Gasteiger partial charge in [-0.3, -0.25) is 9.67 Å². The van der Waals surface area contributed by atoms with Gasteiger partial charge < -0.3 is 5.32 Å². The SMILES string of the molecule is CNCc1cn(CCc2ccncc2)nn1. The fraction of sp³-hybridized carbons (Fsp3) is 0.364. The van der Waals surface area contributed by atoms with Crippen LogP contribution in [0.2, 0.25) is 0 Å². The Labute approximate surface area is 94.5 Å². The third-order valence-electron chi connectivity index (χ3n) is 2.32. The van der Waals surface area contributed by atoms with Crippen molar-refractivity contribution in [3.8, 4) is 0 Å². The van der Waals surface area contributed by atoms with Gasteiger partial charge in [0.2, 0.25) is 0 Å². The summed E-state index contributed by atoms with van der Waals surface area (Å²) in [6.07, 6.45) is 6.54. The molecule has 0 saturated heterocycles. The summed E-state index contributed by atoms with van der Waals surface area (Å²) in [6, 6.07) is 4.04. The third kappa shape index (κ3) is 2.87. The van der Waals surface area contributed by atoms with Crippen molar-refractivity contribution in [3.05, 3.63) is 42.0 Å². The van der Waals surface area contributed by atoms with E-state index in [1.807, 2.05) is 42.5 Å². The molecule has 0 radical (unpaired) electrons. The maximum absolute atomic E-state index is 4.06. The van der Waals surface area contributed by atoms with Gasteiger partial charge in [0, 0.05) is 31.7 Å². The highest BCUT2D eigenvalue weighted by molar-refractivity contribution is 5.09. The van der Waals surface area contributed by atoms with Crippen molar-refractivity contribution in [1.29, 1.82) is 0 Å². The molecule has 84 valence electrons. The number of aryl methyl sites for hydroxylation is 2. The van der Waals surface area contributed by atoms with Crippen LogP contribution >= 0.6 is 0 Å². The van der Waals surface area contributed by atoms with Crippen LogP contribution in [0.1, 0.15) is 11.3 Å². The lowest BCUT2D eigenvalue weighted by Gasteiger charge is -2.00. The van der Waals surface area contributed by atoms with E-state index in [2.05, 4.69) is 20.6 Å². The van der Waals surface area contributed by atoms with Crippen LogP contribution in [0.4, 0.5) is 0 Å². The first-order valence-electron chi connectivity index (χ1n) is 5.31. The van der Waals surface area contributed by atoms with Gasteiger partial charge in [-0.15, -0.1) is 5.10 Å². The summed E-state index contributed by atoms with van der Waals surface area (Å²) in [5, 5.41) is 11.2. The van der Waals surface area contributed by atoms with Gasteiger partial charge in [0.05, 0.1) is 5.69 Å². The van der Waals surface area contributed by atoms with E-state index in [4.69, 9.17) is 0 Å². The molecule has 0 amide bonds. The zero-order valence-electron chi connectivity index (χ0n) is 9.30. The highest BCUT2D eigenvalue weighted by Gasteiger charge is 1.99. The zero-order valence-corrected chi connectivity index (χ0v) is 9.30. The van der Waals surface area contributed by atoms with E-state index in [0.717, 1.165) is 25.2 Å². The van der Waals surface area contributed by atoms with Crippen LogP contribution in [-0.2, 0) is 19.5 Å². The Morgan fingerprint density at radius 3 is 2.88 bits per heavy atom. The van der Waals surface area contributed by atoms with E-state index < -0.39 is 0 Å². The van der Waals surface area contributed by atoms with Gasteiger partial charge in [0.1, 0.15) is 0 Å². The Bertz CT molecular complexity index is 423. The molecule has 0 fully saturated rings. The molecule has 2 aromatic rings. The van der Waals surface area contributed by atoms with Crippen LogP contribution in [-0.4, -0.2) is 27.0 Å². The molecule has 5 heteroatoms. The van der Waals surface area contributed by atoms with Crippen molar-refractivity contribution in [3.63, 3.8) is 0 Å². The molecule has 2 rings (SSSR count). The van der Waals surface area contributed by atoms with Crippen LogP contribution in [0.15, 0.2) is 30.7 Å². The molecule has 5 nitrogen and oxygen atoms in total. The van der Waals surface area contributed by atoms with E-state index >= 15 is 0 Å². The Balaban J connectivity index is 1.89. The average molecular weight is 217 g/mol. The maximum Gasteiger partial charge on any atom is 0.0964 e. The van der Waals surface area contributed by atoms with Crippen molar-refractivity contribution in [2.24, 2.45) is 0 Å². The minimum Gasteiger partial charge on any atom is -0.314 e. The second kappa shape index (κ2) is 5.37. The standard InChI is InChI=1S/C11H15N5/c1-12-8-11-9-16(15-14-11)7-4-10-2-5-13-6-3-10/h2-3,5-6,9,12H,4,7-8H2,1H3. The fourth-order valence-corrected chi connectivity index (χ4v) is 1.50. The number of aromatic nitrogens is 4. The van der Waals surface area contributed by atoms with Gasteiger partial charge in [-0.05, 0) is 31.2 Å². The van der Waals surface area contributed by atoms with E-state index in [1.54, 1.807) is 0 Å². The Kier molecular flexibility index (Phi) is 3.61. The summed E-state index contributed by atoms with van der Waals surface area (Å²) >= 11 is 0. The largest absolute Gasteiger partial charge is 0.314 e. The van der Waals surface area contributed by atoms with E-state index in [9.17, 15) is 0 Å². The molecule has 1 N–H and O–H groups in total. The number of hydrogen-bond donors (Lipinski definition) is 1. The Morgan fingerprint density at radius 1 is 1.31 bits per heavy atom. The highest BCUT2D eigenvalue weighted by Crippen LogP contribution is 2.00. The number of pyridine rings is 1. The van der Waals surface area contributed by atoms with Crippen molar-refractivity contribution >= 4 is 0 Å². The van der Waals surface area contributed by atoms with Gasteiger partial charge in [-0.2, -0.15) is 0 Å². The molecule has 2 aromatic heterocycles. The summed E-state index contributed by atoms with van der Waals surface area (Å²) in [5.41, 5.74) is 2.23. The maximum atomic E-state index is 4.06. The second-order valence-corrected chi connectivity index (χ2v) is 3.61. The predicted octanol–water partition coefficient (Wildman–Crippen LogP) is 0.635. The quantitative estimate of drug-likeness (QED) is 0.798. The van der Waals surface area contributed by atoms with Crippen LogP contribution in [0.25, 0.3) is 0 Å².